The molecule has 1 fully saturated rings. The first-order valence-corrected chi connectivity index (χ1v) is 21.5. The van der Waals surface area contributed by atoms with E-state index in [1.807, 2.05) is 13.8 Å². The topological polar surface area (TPSA) is 413 Å². The van der Waals surface area contributed by atoms with Crippen molar-refractivity contribution in [3.63, 3.8) is 0 Å². The van der Waals surface area contributed by atoms with Crippen LogP contribution in [-0.2, 0) is 35.2 Å². The molecule has 1 saturated heterocycles. The fourth-order valence-corrected chi connectivity index (χ4v) is 6.71. The number of guanidine groups is 2. The van der Waals surface area contributed by atoms with Gasteiger partial charge in [-0.05, 0) is 75.0 Å². The molecule has 0 unspecified atom stereocenters. The van der Waals surface area contributed by atoms with Gasteiger partial charge in [0, 0.05) is 39.1 Å². The minimum absolute atomic E-state index is 0.0393. The highest BCUT2D eigenvalue weighted by atomic mass is 16.3. The van der Waals surface area contributed by atoms with Crippen LogP contribution in [0.15, 0.2) is 34.3 Å². The molecule has 0 radical (unpaired) electrons. The standard InChI is InChI=1S/C40H70N16O8/c1-4-8-28(33(59)51-29(21-24-12-14-25(57)15-13-24)34(60)52-30(22-41)35(61)50-27(32(43)58)16-11-23(2)3)53-40(64)56(20-7-18-49-39(46)47)54-36(62)31-10-6-19-55(31)37(63)26(42)9-5-17-48-38(44)45/h12-15,23,26-31,57H,4-11,16-22,41-42H2,1-3H3,(H2,43,58)(H,50,61)(H,51,59)(H,52,60)(H,53,64)(H,54,62)(H4,44,45,48)(H4,46,47,49)/t26-,27-,28-,29-,30-,31-/m0/s1. The zero-order chi connectivity index (χ0) is 47.9. The van der Waals surface area contributed by atoms with Crippen LogP contribution in [0.5, 0.6) is 5.75 Å². The summed E-state index contributed by atoms with van der Waals surface area (Å²) in [6.45, 7) is 5.79. The lowest BCUT2D eigenvalue weighted by Gasteiger charge is -2.31. The number of phenolic OH excluding ortho intramolecular Hbond substituents is 1. The Hall–Kier alpha value is -6.43. The Morgan fingerprint density at radius 2 is 1.36 bits per heavy atom. The van der Waals surface area contributed by atoms with Gasteiger partial charge < -0.3 is 71.4 Å². The van der Waals surface area contributed by atoms with Crippen molar-refractivity contribution in [2.24, 2.45) is 56.0 Å². The SMILES string of the molecule is CCC[C@H](NC(=O)N(CCCN=C(N)N)NC(=O)[C@@H]1CCCN1C(=O)[C@@H](N)CCCN=C(N)N)C(=O)N[C@@H](Cc1ccc(O)cc1)C(=O)N[C@@H](CN)C(=O)N[C@@H](CCC(C)C)C(N)=O. The Balaban J connectivity index is 2.32. The number of aliphatic imine (C=N–C) groups is 2. The van der Waals surface area contributed by atoms with Gasteiger partial charge in [0.05, 0.1) is 6.04 Å². The van der Waals surface area contributed by atoms with Crippen LogP contribution >= 0.6 is 0 Å². The Labute approximate surface area is 373 Å². The Morgan fingerprint density at radius 1 is 0.781 bits per heavy atom. The highest BCUT2D eigenvalue weighted by molar-refractivity contribution is 5.96. The van der Waals surface area contributed by atoms with Crippen LogP contribution < -0.4 is 66.8 Å². The minimum atomic E-state index is -1.35. The lowest BCUT2D eigenvalue weighted by molar-refractivity contribution is -0.141. The first-order chi connectivity index (χ1) is 30.3. The van der Waals surface area contributed by atoms with E-state index in [4.69, 9.17) is 40.1 Å². The van der Waals surface area contributed by atoms with Gasteiger partial charge >= 0.3 is 6.03 Å². The molecule has 2 rings (SSSR count). The van der Waals surface area contributed by atoms with E-state index in [2.05, 4.69) is 36.7 Å². The number of nitrogens with zero attached hydrogens (tertiary/aromatic N) is 4. The number of hydrogen-bond acceptors (Lipinski definition) is 12. The number of nitrogens with one attached hydrogen (secondary N) is 5. The number of likely N-dealkylation sites (tertiary alicyclic amines) is 1. The highest BCUT2D eigenvalue weighted by Gasteiger charge is 2.38. The van der Waals surface area contributed by atoms with E-state index in [0.29, 0.717) is 37.7 Å². The molecule has 1 aliphatic heterocycles. The third-order valence-corrected chi connectivity index (χ3v) is 10.2. The van der Waals surface area contributed by atoms with Gasteiger partial charge in [-0.25, -0.2) is 9.80 Å². The zero-order valence-corrected chi connectivity index (χ0v) is 37.1. The summed E-state index contributed by atoms with van der Waals surface area (Å²) in [7, 11) is 0. The van der Waals surface area contributed by atoms with E-state index in [1.165, 1.54) is 29.2 Å². The van der Waals surface area contributed by atoms with Crippen LogP contribution in [0.2, 0.25) is 0 Å². The predicted molar refractivity (Wildman–Crippen MR) is 240 cm³/mol. The van der Waals surface area contributed by atoms with Gasteiger partial charge in [-0.15, -0.1) is 0 Å². The normalized spacial score (nSPS) is 15.7. The fourth-order valence-electron chi connectivity index (χ4n) is 6.71. The van der Waals surface area contributed by atoms with Crippen LogP contribution in [0.4, 0.5) is 4.79 Å². The van der Waals surface area contributed by atoms with Crippen molar-refractivity contribution in [2.75, 3.05) is 32.7 Å². The summed E-state index contributed by atoms with van der Waals surface area (Å²) in [6, 6.07) is -1.85. The summed E-state index contributed by atoms with van der Waals surface area (Å²) in [4.78, 5) is 104. The average molecular weight is 903 g/mol. The molecule has 0 aliphatic carbocycles. The third kappa shape index (κ3) is 18.9. The largest absolute Gasteiger partial charge is 0.508 e. The molecule has 0 spiro atoms. The molecule has 0 saturated carbocycles. The van der Waals surface area contributed by atoms with Crippen LogP contribution in [0.1, 0.15) is 84.1 Å². The fraction of sp³-hybridized carbons (Fsp3) is 0.625. The molecule has 1 aliphatic rings. The maximum Gasteiger partial charge on any atom is 0.336 e. The van der Waals surface area contributed by atoms with Gasteiger partial charge in [0.15, 0.2) is 11.9 Å². The molecule has 358 valence electrons. The number of nitrogens with two attached hydrogens (primary N) is 7. The first kappa shape index (κ1) is 53.7. The number of rotatable bonds is 26. The van der Waals surface area contributed by atoms with Crippen molar-refractivity contribution < 1.29 is 38.7 Å². The van der Waals surface area contributed by atoms with Gasteiger partial charge in [-0.2, -0.15) is 0 Å². The van der Waals surface area contributed by atoms with Crippen molar-refractivity contribution in [3.05, 3.63) is 29.8 Å². The third-order valence-electron chi connectivity index (χ3n) is 10.2. The monoisotopic (exact) mass is 903 g/mol. The number of carbonyl (C=O) groups excluding carboxylic acids is 7. The number of urea groups is 1. The Bertz CT molecular complexity index is 1770. The molecule has 64 heavy (non-hydrogen) atoms. The number of aromatic hydroxyl groups is 1. The smallest absolute Gasteiger partial charge is 0.336 e. The molecule has 24 heteroatoms. The molecule has 0 bridgehead atoms. The van der Waals surface area contributed by atoms with E-state index >= 15 is 0 Å². The second-order valence-electron chi connectivity index (χ2n) is 16.0. The van der Waals surface area contributed by atoms with Crippen LogP contribution in [0, 0.1) is 5.92 Å². The van der Waals surface area contributed by atoms with Gasteiger partial charge in [0.1, 0.15) is 36.0 Å². The number of carbonyl (C=O) groups is 7. The molecule has 6 atom stereocenters. The molecular weight excluding hydrogens is 833 g/mol. The maximum atomic E-state index is 14.0. The number of hydrogen-bond donors (Lipinski definition) is 13. The summed E-state index contributed by atoms with van der Waals surface area (Å²) < 4.78 is 0. The lowest BCUT2D eigenvalue weighted by atomic mass is 10.0. The van der Waals surface area contributed by atoms with Crippen LogP contribution in [-0.4, -0.2) is 137 Å². The predicted octanol–water partition coefficient (Wildman–Crippen LogP) is -3.48. The Morgan fingerprint density at radius 3 is 1.94 bits per heavy atom. The Kier molecular flexibility index (Phi) is 23.2. The second-order valence-corrected chi connectivity index (χ2v) is 16.0. The van der Waals surface area contributed by atoms with Gasteiger partial charge in [0.2, 0.25) is 29.5 Å². The quantitative estimate of drug-likeness (QED) is 0.0186. The lowest BCUT2D eigenvalue weighted by Crippen LogP contribution is -2.61. The van der Waals surface area contributed by atoms with E-state index in [9.17, 15) is 38.7 Å². The number of amides is 8. The van der Waals surface area contributed by atoms with Crippen molar-refractivity contribution in [1.29, 1.82) is 0 Å². The summed E-state index contributed by atoms with van der Waals surface area (Å²) in [5, 5.41) is 21.2. The second kappa shape index (κ2) is 27.6. The zero-order valence-electron chi connectivity index (χ0n) is 37.1. The summed E-state index contributed by atoms with van der Waals surface area (Å²) in [6.07, 6.45) is 2.87. The molecule has 20 N–H and O–H groups in total. The summed E-state index contributed by atoms with van der Waals surface area (Å²) >= 11 is 0. The van der Waals surface area contributed by atoms with E-state index in [1.54, 1.807) is 6.92 Å². The first-order valence-electron chi connectivity index (χ1n) is 21.5. The van der Waals surface area contributed by atoms with Crippen molar-refractivity contribution in [1.82, 2.24) is 36.6 Å². The van der Waals surface area contributed by atoms with E-state index in [0.717, 1.165) is 5.01 Å². The van der Waals surface area contributed by atoms with E-state index < -0.39 is 77.7 Å². The molecule has 1 aromatic carbocycles. The summed E-state index contributed by atoms with van der Waals surface area (Å²) in [5.41, 5.74) is 42.4. The van der Waals surface area contributed by atoms with Crippen molar-refractivity contribution >= 4 is 53.4 Å². The number of primary amides is 1. The maximum absolute atomic E-state index is 14.0. The van der Waals surface area contributed by atoms with Gasteiger partial charge in [0.25, 0.3) is 5.91 Å². The number of hydrazine groups is 1. The minimum Gasteiger partial charge on any atom is -0.508 e. The highest BCUT2D eigenvalue weighted by Crippen LogP contribution is 2.20. The molecular formula is C40H70N16O8. The van der Waals surface area contributed by atoms with Crippen molar-refractivity contribution in [2.45, 2.75) is 121 Å². The van der Waals surface area contributed by atoms with E-state index in [-0.39, 0.29) is 88.4 Å². The van der Waals surface area contributed by atoms with Crippen LogP contribution in [0.3, 0.4) is 0 Å². The molecule has 1 heterocycles. The van der Waals surface area contributed by atoms with Crippen LogP contribution in [0.25, 0.3) is 0 Å². The molecule has 24 nitrogen and oxygen atoms in total. The average Bonchev–Trinajstić information content (AvgIpc) is 3.73. The number of benzene rings is 1. The van der Waals surface area contributed by atoms with Gasteiger partial charge in [-0.1, -0.05) is 39.3 Å². The summed E-state index contributed by atoms with van der Waals surface area (Å²) in [5.74, 6) is -4.32. The molecule has 8 amide bonds. The van der Waals surface area contributed by atoms with Gasteiger partial charge in [-0.3, -0.25) is 44.2 Å². The molecule has 1 aromatic rings. The molecule has 0 aromatic heterocycles. The van der Waals surface area contributed by atoms with Crippen molar-refractivity contribution in [3.8, 4) is 5.75 Å². The number of phenols is 1.